The molecule has 0 aromatic heterocycles. The van der Waals surface area contributed by atoms with Crippen LogP contribution in [0.1, 0.15) is 34.8 Å². The third kappa shape index (κ3) is 5.14. The average molecular weight is 537 g/mol. The maximum Gasteiger partial charge on any atom is 0.321 e. The molecule has 8 nitrogen and oxygen atoms in total. The number of hydrogen-bond acceptors (Lipinski definition) is 6. The van der Waals surface area contributed by atoms with Crippen LogP contribution in [-0.2, 0) is 20.7 Å². The molecule has 3 aromatic rings. The highest BCUT2D eigenvalue weighted by Crippen LogP contribution is 2.43. The Morgan fingerprint density at radius 1 is 1.03 bits per heavy atom. The number of ether oxygens (including phenoxy) is 1. The first kappa shape index (κ1) is 28.8. The topological polar surface area (TPSA) is 140 Å². The number of nitrogen functional groups attached to an aromatic ring is 1. The van der Waals surface area contributed by atoms with Crippen molar-refractivity contribution < 1.29 is 19.1 Å². The number of methoxy groups -OCH3 is 1. The van der Waals surface area contributed by atoms with E-state index in [0.717, 1.165) is 22.8 Å². The standard InChI is InChI=1S/C29H32N4O4.ClH/c1-29(28(36)37-2)23(17-30)24(33(27(29)35)14-6-9-18-7-4-3-5-8-18)25(34)21-12-10-20-16-22(26(31)32)13-11-19(20)15-21;/h3-5,7-8,10-13,15-16,23-24H,6,9,14,17,30H2,1-2H3,(H3,31,32);1H/t23?,24-,29-;/m0./s1. The number of likely N-dealkylation sites (tertiary alicyclic amines) is 1. The van der Waals surface area contributed by atoms with Crippen molar-refractivity contribution in [2.45, 2.75) is 25.8 Å². The number of ketones is 1. The Labute approximate surface area is 228 Å². The molecule has 1 unspecified atom stereocenters. The number of rotatable bonds is 9. The number of benzene rings is 3. The molecule has 1 saturated heterocycles. The van der Waals surface area contributed by atoms with E-state index in [-0.39, 0.29) is 30.6 Å². The number of aryl methyl sites for hydroxylation is 1. The van der Waals surface area contributed by atoms with Gasteiger partial charge in [-0.2, -0.15) is 0 Å². The van der Waals surface area contributed by atoms with E-state index in [1.807, 2.05) is 30.3 Å². The maximum absolute atomic E-state index is 14.0. The highest BCUT2D eigenvalue weighted by molar-refractivity contribution is 6.12. The third-order valence-corrected chi connectivity index (χ3v) is 7.44. The number of nitrogens with two attached hydrogens (primary N) is 2. The number of carbonyl (C=O) groups is 3. The number of amidine groups is 1. The first-order chi connectivity index (χ1) is 17.7. The van der Waals surface area contributed by atoms with Gasteiger partial charge in [0.05, 0.1) is 7.11 Å². The molecule has 0 aliphatic carbocycles. The van der Waals surface area contributed by atoms with E-state index in [2.05, 4.69) is 0 Å². The number of amides is 1. The van der Waals surface area contributed by atoms with Crippen LogP contribution in [-0.4, -0.2) is 54.6 Å². The van der Waals surface area contributed by atoms with Gasteiger partial charge >= 0.3 is 5.97 Å². The Morgan fingerprint density at radius 3 is 2.21 bits per heavy atom. The predicted octanol–water partition coefficient (Wildman–Crippen LogP) is 3.33. The summed E-state index contributed by atoms with van der Waals surface area (Å²) in [6, 6.07) is 19.6. The molecule has 9 heteroatoms. The molecule has 38 heavy (non-hydrogen) atoms. The van der Waals surface area contributed by atoms with Crippen molar-refractivity contribution in [2.75, 3.05) is 20.2 Å². The Kier molecular flexibility index (Phi) is 8.91. The van der Waals surface area contributed by atoms with Gasteiger partial charge in [0.25, 0.3) is 0 Å². The first-order valence-corrected chi connectivity index (χ1v) is 12.3. The quantitative estimate of drug-likeness (QED) is 0.126. The number of esters is 1. The Morgan fingerprint density at radius 2 is 1.63 bits per heavy atom. The fraction of sp³-hybridized carbons (Fsp3) is 0.310. The SMILES string of the molecule is COC(=O)[C@]1(C)C(=O)N(CCCc2ccccc2)[C@H](C(=O)c2ccc3cc(C(=N)N)ccc3c2)C1CN.Cl. The van der Waals surface area contributed by atoms with Gasteiger partial charge < -0.3 is 21.1 Å². The molecule has 0 radical (unpaired) electrons. The molecule has 0 saturated carbocycles. The number of halogens is 1. The fourth-order valence-electron chi connectivity index (χ4n) is 5.33. The lowest BCUT2D eigenvalue weighted by atomic mass is 9.75. The Hall–Kier alpha value is -3.75. The van der Waals surface area contributed by atoms with E-state index in [1.165, 1.54) is 18.9 Å². The highest BCUT2D eigenvalue weighted by atomic mass is 35.5. The molecule has 1 heterocycles. The minimum absolute atomic E-state index is 0. The van der Waals surface area contributed by atoms with Crippen LogP contribution in [0.5, 0.6) is 0 Å². The van der Waals surface area contributed by atoms with Gasteiger partial charge in [-0.1, -0.05) is 54.6 Å². The smallest absolute Gasteiger partial charge is 0.321 e. The predicted molar refractivity (Wildman–Crippen MR) is 149 cm³/mol. The maximum atomic E-state index is 14.0. The molecule has 0 spiro atoms. The first-order valence-electron chi connectivity index (χ1n) is 12.3. The lowest BCUT2D eigenvalue weighted by Gasteiger charge is -2.28. The van der Waals surface area contributed by atoms with Crippen molar-refractivity contribution in [3.63, 3.8) is 0 Å². The zero-order chi connectivity index (χ0) is 26.7. The van der Waals surface area contributed by atoms with Gasteiger partial charge in [0.2, 0.25) is 5.91 Å². The summed E-state index contributed by atoms with van der Waals surface area (Å²) >= 11 is 0. The molecule has 200 valence electrons. The van der Waals surface area contributed by atoms with Gasteiger partial charge in [-0.25, -0.2) is 0 Å². The van der Waals surface area contributed by atoms with Gasteiger partial charge in [-0.15, -0.1) is 12.4 Å². The summed E-state index contributed by atoms with van der Waals surface area (Å²) in [5.74, 6) is -2.17. The highest BCUT2D eigenvalue weighted by Gasteiger charge is 2.62. The molecule has 3 atom stereocenters. The van der Waals surface area contributed by atoms with Gasteiger partial charge in [-0.3, -0.25) is 19.8 Å². The molecule has 1 fully saturated rings. The normalized spacial score (nSPS) is 20.7. The van der Waals surface area contributed by atoms with E-state index in [4.69, 9.17) is 21.6 Å². The second kappa shape index (κ2) is 11.8. The van der Waals surface area contributed by atoms with E-state index in [0.29, 0.717) is 24.1 Å². The zero-order valence-electron chi connectivity index (χ0n) is 21.5. The van der Waals surface area contributed by atoms with Gasteiger partial charge in [0, 0.05) is 23.6 Å². The second-order valence-corrected chi connectivity index (χ2v) is 9.62. The number of Topliss-reactive ketones (excluding diaryl/α,β-unsaturated/α-hetero) is 1. The van der Waals surface area contributed by atoms with E-state index < -0.39 is 29.3 Å². The van der Waals surface area contributed by atoms with Gasteiger partial charge in [0.1, 0.15) is 17.3 Å². The lowest BCUT2D eigenvalue weighted by Crippen LogP contribution is -2.45. The summed E-state index contributed by atoms with van der Waals surface area (Å²) in [6.07, 6.45) is 1.35. The second-order valence-electron chi connectivity index (χ2n) is 9.62. The van der Waals surface area contributed by atoms with Crippen molar-refractivity contribution >= 4 is 46.7 Å². The van der Waals surface area contributed by atoms with Crippen LogP contribution in [0, 0.1) is 16.7 Å². The average Bonchev–Trinajstić information content (AvgIpc) is 3.14. The van der Waals surface area contributed by atoms with E-state index in [1.54, 1.807) is 36.4 Å². The summed E-state index contributed by atoms with van der Waals surface area (Å²) in [7, 11) is 1.24. The zero-order valence-corrected chi connectivity index (χ0v) is 22.3. The molecule has 5 N–H and O–H groups in total. The summed E-state index contributed by atoms with van der Waals surface area (Å²) in [6.45, 7) is 1.81. The van der Waals surface area contributed by atoms with Crippen molar-refractivity contribution in [3.05, 3.63) is 83.4 Å². The van der Waals surface area contributed by atoms with Crippen LogP contribution in [0.15, 0.2) is 66.7 Å². The Balaban J connectivity index is 0.00000400. The van der Waals surface area contributed by atoms with Crippen LogP contribution in [0.4, 0.5) is 0 Å². The minimum atomic E-state index is -1.55. The molecule has 4 rings (SSSR count). The molecular weight excluding hydrogens is 504 g/mol. The fourth-order valence-corrected chi connectivity index (χ4v) is 5.33. The third-order valence-electron chi connectivity index (χ3n) is 7.44. The number of carbonyl (C=O) groups excluding carboxylic acids is 3. The largest absolute Gasteiger partial charge is 0.468 e. The van der Waals surface area contributed by atoms with Gasteiger partial charge in [0.15, 0.2) is 5.78 Å². The van der Waals surface area contributed by atoms with Crippen molar-refractivity contribution in [1.82, 2.24) is 4.90 Å². The monoisotopic (exact) mass is 536 g/mol. The molecular formula is C29H33ClN4O4. The van der Waals surface area contributed by atoms with E-state index >= 15 is 0 Å². The van der Waals surface area contributed by atoms with Gasteiger partial charge in [-0.05, 0) is 54.8 Å². The van der Waals surface area contributed by atoms with Crippen molar-refractivity contribution in [2.24, 2.45) is 22.8 Å². The number of nitrogens with zero attached hydrogens (tertiary/aromatic N) is 1. The molecule has 1 aliphatic heterocycles. The lowest BCUT2D eigenvalue weighted by molar-refractivity contribution is -0.159. The molecule has 1 amide bonds. The van der Waals surface area contributed by atoms with Crippen molar-refractivity contribution in [3.8, 4) is 0 Å². The molecule has 0 bridgehead atoms. The summed E-state index contributed by atoms with van der Waals surface area (Å²) in [5.41, 5.74) is 12.3. The van der Waals surface area contributed by atoms with E-state index in [9.17, 15) is 14.4 Å². The van der Waals surface area contributed by atoms with Crippen LogP contribution in [0.3, 0.4) is 0 Å². The molecule has 1 aliphatic rings. The Bertz CT molecular complexity index is 1360. The minimum Gasteiger partial charge on any atom is -0.468 e. The van der Waals surface area contributed by atoms with Crippen LogP contribution >= 0.6 is 12.4 Å². The molecule has 3 aromatic carbocycles. The number of fused-ring (bicyclic) bond motifs is 1. The van der Waals surface area contributed by atoms with Crippen LogP contribution < -0.4 is 11.5 Å². The number of hydrogen-bond donors (Lipinski definition) is 3. The summed E-state index contributed by atoms with van der Waals surface area (Å²) < 4.78 is 5.00. The van der Waals surface area contributed by atoms with Crippen molar-refractivity contribution in [1.29, 1.82) is 5.41 Å². The van der Waals surface area contributed by atoms with Crippen LogP contribution in [0.2, 0.25) is 0 Å². The van der Waals surface area contributed by atoms with Crippen LogP contribution in [0.25, 0.3) is 10.8 Å². The summed E-state index contributed by atoms with van der Waals surface area (Å²) in [4.78, 5) is 42.0. The summed E-state index contributed by atoms with van der Waals surface area (Å²) in [5, 5.41) is 9.29. The number of nitrogens with one attached hydrogen (secondary N) is 1.